The number of aliphatic hydroxyl groups excluding tert-OH is 2. The summed E-state index contributed by atoms with van der Waals surface area (Å²) in [5.74, 6) is -0.571. The molecule has 0 spiro atoms. The highest BCUT2D eigenvalue weighted by Gasteiger charge is 2.24. The van der Waals surface area contributed by atoms with Crippen LogP contribution in [0.25, 0.3) is 0 Å². The zero-order chi connectivity index (χ0) is 41.0. The molecular formula is C50H93NO5. The Labute approximate surface area is 347 Å². The molecule has 0 aliphatic heterocycles. The topological polar surface area (TPSA) is 95.9 Å². The van der Waals surface area contributed by atoms with Crippen molar-refractivity contribution in [2.45, 2.75) is 264 Å². The van der Waals surface area contributed by atoms with Gasteiger partial charge in [0.2, 0.25) is 5.91 Å². The van der Waals surface area contributed by atoms with Gasteiger partial charge in [-0.05, 0) is 64.2 Å². The summed E-state index contributed by atoms with van der Waals surface area (Å²) in [6, 6.07) is -0.713. The predicted octanol–water partition coefficient (Wildman–Crippen LogP) is 14.1. The van der Waals surface area contributed by atoms with E-state index in [9.17, 15) is 19.8 Å². The van der Waals surface area contributed by atoms with E-state index in [2.05, 4.69) is 56.5 Å². The van der Waals surface area contributed by atoms with E-state index < -0.39 is 18.2 Å². The fourth-order valence-electron chi connectivity index (χ4n) is 7.25. The highest BCUT2D eigenvalue weighted by molar-refractivity contribution is 5.77. The van der Waals surface area contributed by atoms with Crippen LogP contribution < -0.4 is 5.32 Å². The van der Waals surface area contributed by atoms with Crippen molar-refractivity contribution in [3.05, 3.63) is 36.5 Å². The largest absolute Gasteiger partial charge is 0.462 e. The summed E-state index contributed by atoms with van der Waals surface area (Å²) >= 11 is 0. The first-order valence-corrected chi connectivity index (χ1v) is 24.2. The summed E-state index contributed by atoms with van der Waals surface area (Å²) in [6.45, 7) is 6.39. The molecule has 6 heteroatoms. The van der Waals surface area contributed by atoms with Crippen LogP contribution >= 0.6 is 0 Å². The summed E-state index contributed by atoms with van der Waals surface area (Å²) < 4.78 is 5.84. The molecule has 0 bridgehead atoms. The van der Waals surface area contributed by atoms with Crippen molar-refractivity contribution in [3.63, 3.8) is 0 Å². The van der Waals surface area contributed by atoms with E-state index in [-0.39, 0.29) is 31.3 Å². The number of hydrogen-bond donors (Lipinski definition) is 3. The lowest BCUT2D eigenvalue weighted by atomic mass is 10.0. The molecule has 0 aliphatic carbocycles. The molecule has 0 aromatic rings. The molecule has 0 aromatic heterocycles. The van der Waals surface area contributed by atoms with Gasteiger partial charge >= 0.3 is 5.97 Å². The van der Waals surface area contributed by atoms with Crippen LogP contribution in [0.5, 0.6) is 0 Å². The van der Waals surface area contributed by atoms with Gasteiger partial charge in [-0.25, -0.2) is 0 Å². The molecule has 3 N–H and O–H groups in total. The predicted molar refractivity (Wildman–Crippen MR) is 241 cm³/mol. The fourth-order valence-corrected chi connectivity index (χ4v) is 7.25. The Morgan fingerprint density at radius 2 is 0.946 bits per heavy atom. The van der Waals surface area contributed by atoms with Crippen LogP contribution in [0.4, 0.5) is 0 Å². The van der Waals surface area contributed by atoms with Gasteiger partial charge in [-0.3, -0.25) is 9.59 Å². The number of aliphatic hydroxyl groups is 2. The molecule has 0 fully saturated rings. The van der Waals surface area contributed by atoms with Gasteiger partial charge in [0.1, 0.15) is 6.10 Å². The van der Waals surface area contributed by atoms with E-state index >= 15 is 0 Å². The molecule has 6 nitrogen and oxygen atoms in total. The van der Waals surface area contributed by atoms with Crippen LogP contribution in [0.2, 0.25) is 0 Å². The van der Waals surface area contributed by atoms with Gasteiger partial charge in [-0.2, -0.15) is 0 Å². The van der Waals surface area contributed by atoms with Gasteiger partial charge < -0.3 is 20.3 Å². The number of unbranched alkanes of at least 4 members (excludes halogenated alkanes) is 25. The monoisotopic (exact) mass is 788 g/mol. The standard InChI is InChI=1S/C50H93NO5/c1-4-7-10-13-16-19-21-23-24-25-27-28-30-33-36-39-42-48(53)47(45-52)51-49(54)44-46(41-38-35-32-18-15-12-9-6-3)56-50(55)43-40-37-34-31-29-26-22-20-17-14-11-8-5-2/h12,15,26,29,34,37,46-48,52-53H,4-11,13-14,16-25,27-28,30-33,35-36,38-45H2,1-3H3,(H,51,54)/b15-12-,29-26-,37-34+. The number of esters is 1. The van der Waals surface area contributed by atoms with Crippen molar-refractivity contribution in [2.24, 2.45) is 0 Å². The SMILES string of the molecule is CCC/C=C\CCCCCC(CC(=O)NC(CO)C(O)CCCCCCCCCCCCCCCCCC)OC(=O)CC/C=C/C/C=C\CCCCCCCC. The van der Waals surface area contributed by atoms with Crippen LogP contribution in [0, 0.1) is 0 Å². The molecular weight excluding hydrogens is 695 g/mol. The third-order valence-electron chi connectivity index (χ3n) is 10.9. The van der Waals surface area contributed by atoms with E-state index in [1.54, 1.807) is 0 Å². The lowest BCUT2D eigenvalue weighted by Crippen LogP contribution is -2.46. The molecule has 0 radical (unpaired) electrons. The summed E-state index contributed by atoms with van der Waals surface area (Å²) in [5.41, 5.74) is 0. The molecule has 0 heterocycles. The van der Waals surface area contributed by atoms with Crippen molar-refractivity contribution in [1.29, 1.82) is 0 Å². The number of ether oxygens (including phenoxy) is 1. The van der Waals surface area contributed by atoms with Crippen LogP contribution in [0.1, 0.15) is 245 Å². The minimum atomic E-state index is -0.797. The Balaban J connectivity index is 4.47. The minimum absolute atomic E-state index is 0.0453. The summed E-state index contributed by atoms with van der Waals surface area (Å²) in [5, 5.41) is 23.7. The zero-order valence-corrected chi connectivity index (χ0v) is 37.3. The number of amides is 1. The number of rotatable bonds is 43. The van der Waals surface area contributed by atoms with Crippen molar-refractivity contribution in [3.8, 4) is 0 Å². The number of carbonyl (C=O) groups excluding carboxylic acids is 2. The first-order chi connectivity index (χ1) is 27.5. The Morgan fingerprint density at radius 1 is 0.518 bits per heavy atom. The molecule has 0 aromatic carbocycles. The van der Waals surface area contributed by atoms with Crippen molar-refractivity contribution in [1.82, 2.24) is 5.32 Å². The lowest BCUT2D eigenvalue weighted by Gasteiger charge is -2.24. The van der Waals surface area contributed by atoms with Gasteiger partial charge in [-0.15, -0.1) is 0 Å². The lowest BCUT2D eigenvalue weighted by molar-refractivity contribution is -0.150. The normalized spacial score (nSPS) is 13.6. The minimum Gasteiger partial charge on any atom is -0.462 e. The first-order valence-electron chi connectivity index (χ1n) is 24.2. The molecule has 3 unspecified atom stereocenters. The third-order valence-corrected chi connectivity index (χ3v) is 10.9. The Hall–Kier alpha value is -1.92. The molecule has 328 valence electrons. The van der Waals surface area contributed by atoms with E-state index in [1.165, 1.54) is 122 Å². The second-order valence-corrected chi connectivity index (χ2v) is 16.5. The second kappa shape index (κ2) is 44.2. The molecule has 1 amide bonds. The summed E-state index contributed by atoms with van der Waals surface area (Å²) in [7, 11) is 0. The molecule has 0 rings (SSSR count). The van der Waals surface area contributed by atoms with Crippen LogP contribution in [-0.2, 0) is 14.3 Å². The Kier molecular flexibility index (Phi) is 42.7. The number of nitrogens with one attached hydrogen (secondary N) is 1. The number of carbonyl (C=O) groups is 2. The van der Waals surface area contributed by atoms with E-state index in [4.69, 9.17) is 4.74 Å². The van der Waals surface area contributed by atoms with E-state index in [0.29, 0.717) is 19.3 Å². The van der Waals surface area contributed by atoms with Crippen molar-refractivity contribution < 1.29 is 24.5 Å². The Morgan fingerprint density at radius 3 is 1.46 bits per heavy atom. The Bertz CT molecular complexity index is 930. The maximum Gasteiger partial charge on any atom is 0.306 e. The molecule has 3 atom stereocenters. The fraction of sp³-hybridized carbons (Fsp3) is 0.840. The molecule has 56 heavy (non-hydrogen) atoms. The molecule has 0 saturated heterocycles. The van der Waals surface area contributed by atoms with Gasteiger partial charge in [0.25, 0.3) is 0 Å². The number of allylic oxidation sites excluding steroid dienone is 6. The van der Waals surface area contributed by atoms with Crippen LogP contribution in [-0.4, -0.2) is 46.9 Å². The van der Waals surface area contributed by atoms with E-state index in [1.807, 2.05) is 6.08 Å². The summed E-state index contributed by atoms with van der Waals surface area (Å²) in [4.78, 5) is 25.9. The zero-order valence-electron chi connectivity index (χ0n) is 37.3. The van der Waals surface area contributed by atoms with Gasteiger partial charge in [0.05, 0.1) is 25.2 Å². The maximum absolute atomic E-state index is 13.1. The quantitative estimate of drug-likeness (QED) is 0.0325. The van der Waals surface area contributed by atoms with Gasteiger partial charge in [0.15, 0.2) is 0 Å². The molecule has 0 aliphatic rings. The highest BCUT2D eigenvalue weighted by Crippen LogP contribution is 2.17. The first kappa shape index (κ1) is 54.1. The van der Waals surface area contributed by atoms with Crippen LogP contribution in [0.15, 0.2) is 36.5 Å². The second-order valence-electron chi connectivity index (χ2n) is 16.5. The smallest absolute Gasteiger partial charge is 0.306 e. The number of hydrogen-bond acceptors (Lipinski definition) is 5. The average molecular weight is 788 g/mol. The average Bonchev–Trinajstić information content (AvgIpc) is 3.19. The third kappa shape index (κ3) is 38.9. The molecule has 0 saturated carbocycles. The maximum atomic E-state index is 13.1. The van der Waals surface area contributed by atoms with Crippen molar-refractivity contribution in [2.75, 3.05) is 6.61 Å². The van der Waals surface area contributed by atoms with Gasteiger partial charge in [-0.1, -0.05) is 205 Å². The highest BCUT2D eigenvalue weighted by atomic mass is 16.5. The summed E-state index contributed by atoms with van der Waals surface area (Å²) in [6.07, 6.45) is 50.8. The van der Waals surface area contributed by atoms with Crippen LogP contribution in [0.3, 0.4) is 0 Å². The van der Waals surface area contributed by atoms with Gasteiger partial charge in [0, 0.05) is 6.42 Å². The van der Waals surface area contributed by atoms with Crippen molar-refractivity contribution >= 4 is 11.9 Å². The van der Waals surface area contributed by atoms with E-state index in [0.717, 1.165) is 70.6 Å².